The van der Waals surface area contributed by atoms with Gasteiger partial charge in [0.05, 0.1) is 24.6 Å². The summed E-state index contributed by atoms with van der Waals surface area (Å²) in [6.07, 6.45) is 3.27. The maximum Gasteiger partial charge on any atom is 0.314 e. The van der Waals surface area contributed by atoms with Gasteiger partial charge in [0.1, 0.15) is 11.5 Å². The Hall–Kier alpha value is -2.25. The average Bonchev–Trinajstić information content (AvgIpc) is 3.20. The van der Waals surface area contributed by atoms with Crippen molar-refractivity contribution in [1.29, 1.82) is 0 Å². The summed E-state index contributed by atoms with van der Waals surface area (Å²) in [7, 11) is 7.80. The van der Waals surface area contributed by atoms with Crippen LogP contribution in [0.15, 0.2) is 45.6 Å². The van der Waals surface area contributed by atoms with Crippen LogP contribution in [0.1, 0.15) is 23.6 Å². The number of nitrogens with zero attached hydrogens (tertiary/aromatic N) is 2. The standard InChI is InChI=1S/C17H26N4O3/c1-20(2)13(15-7-5-9-23-15)11-18-17(22)19-12-14(21(3)4)16-8-6-10-24-16/h5-10,13-14H,11-12H2,1-4H3,(H2,18,19,22). The summed E-state index contributed by atoms with van der Waals surface area (Å²) in [6.45, 7) is 0.916. The zero-order valence-electron chi connectivity index (χ0n) is 14.7. The van der Waals surface area contributed by atoms with Gasteiger partial charge >= 0.3 is 6.03 Å². The third-order valence-electron chi connectivity index (χ3n) is 3.90. The summed E-state index contributed by atoms with van der Waals surface area (Å²) in [5.74, 6) is 1.64. The Balaban J connectivity index is 1.84. The van der Waals surface area contributed by atoms with E-state index in [-0.39, 0.29) is 18.1 Å². The number of carbonyl (C=O) groups excluding carboxylic acids is 1. The number of hydrogen-bond donors (Lipinski definition) is 2. The van der Waals surface area contributed by atoms with Gasteiger partial charge in [0, 0.05) is 13.1 Å². The van der Waals surface area contributed by atoms with E-state index in [9.17, 15) is 4.79 Å². The molecule has 24 heavy (non-hydrogen) atoms. The first-order valence-corrected chi connectivity index (χ1v) is 7.90. The molecule has 0 bridgehead atoms. The van der Waals surface area contributed by atoms with E-state index in [0.29, 0.717) is 13.1 Å². The average molecular weight is 334 g/mol. The normalized spacial score (nSPS) is 13.9. The molecule has 0 aliphatic rings. The minimum Gasteiger partial charge on any atom is -0.468 e. The molecule has 0 saturated heterocycles. The van der Waals surface area contributed by atoms with Crippen LogP contribution < -0.4 is 10.6 Å². The highest BCUT2D eigenvalue weighted by atomic mass is 16.3. The number of urea groups is 1. The molecule has 132 valence electrons. The molecule has 0 aliphatic heterocycles. The van der Waals surface area contributed by atoms with Crippen LogP contribution in [-0.4, -0.2) is 57.1 Å². The second-order valence-corrected chi connectivity index (χ2v) is 6.08. The van der Waals surface area contributed by atoms with Crippen LogP contribution in [0.25, 0.3) is 0 Å². The van der Waals surface area contributed by atoms with Crippen LogP contribution in [0.4, 0.5) is 4.79 Å². The Morgan fingerprint density at radius 3 is 1.62 bits per heavy atom. The van der Waals surface area contributed by atoms with Gasteiger partial charge in [-0.15, -0.1) is 0 Å². The monoisotopic (exact) mass is 334 g/mol. The second kappa shape index (κ2) is 8.56. The molecule has 0 spiro atoms. The molecule has 2 rings (SSSR count). The lowest BCUT2D eigenvalue weighted by Crippen LogP contribution is -2.43. The smallest absolute Gasteiger partial charge is 0.314 e. The lowest BCUT2D eigenvalue weighted by molar-refractivity contribution is 0.215. The SMILES string of the molecule is CN(C)C(CNC(=O)NCC(c1ccco1)N(C)C)c1ccco1. The van der Waals surface area contributed by atoms with Gasteiger partial charge in [0.15, 0.2) is 0 Å². The third kappa shape index (κ3) is 4.87. The van der Waals surface area contributed by atoms with Gasteiger partial charge in [-0.1, -0.05) is 0 Å². The van der Waals surface area contributed by atoms with E-state index in [0.717, 1.165) is 11.5 Å². The lowest BCUT2D eigenvalue weighted by atomic mass is 10.2. The Kier molecular flexibility index (Phi) is 6.45. The quantitative estimate of drug-likeness (QED) is 0.773. The number of nitrogens with one attached hydrogen (secondary N) is 2. The van der Waals surface area contributed by atoms with Crippen LogP contribution in [0.2, 0.25) is 0 Å². The molecular formula is C17H26N4O3. The van der Waals surface area contributed by atoms with Crippen molar-refractivity contribution >= 4 is 6.03 Å². The van der Waals surface area contributed by atoms with Gasteiger partial charge in [-0.3, -0.25) is 9.80 Å². The van der Waals surface area contributed by atoms with Crippen molar-refractivity contribution in [3.8, 4) is 0 Å². The van der Waals surface area contributed by atoms with Crippen molar-refractivity contribution in [3.05, 3.63) is 48.3 Å². The highest BCUT2D eigenvalue weighted by Crippen LogP contribution is 2.18. The highest BCUT2D eigenvalue weighted by Gasteiger charge is 2.20. The van der Waals surface area contributed by atoms with E-state index in [1.165, 1.54) is 0 Å². The van der Waals surface area contributed by atoms with Gasteiger partial charge in [-0.25, -0.2) is 4.79 Å². The molecule has 2 atom stereocenters. The summed E-state index contributed by atoms with van der Waals surface area (Å²) in [5, 5.41) is 5.78. The molecule has 2 aromatic rings. The molecule has 0 radical (unpaired) electrons. The van der Waals surface area contributed by atoms with Gasteiger partial charge in [0.2, 0.25) is 0 Å². The predicted octanol–water partition coefficient (Wildman–Crippen LogP) is 2.08. The van der Waals surface area contributed by atoms with Crippen molar-refractivity contribution in [2.45, 2.75) is 12.1 Å². The zero-order valence-corrected chi connectivity index (χ0v) is 14.7. The maximum atomic E-state index is 12.1. The second-order valence-electron chi connectivity index (χ2n) is 6.08. The van der Waals surface area contributed by atoms with E-state index in [2.05, 4.69) is 10.6 Å². The van der Waals surface area contributed by atoms with Crippen molar-refractivity contribution in [2.75, 3.05) is 41.3 Å². The molecule has 7 nitrogen and oxygen atoms in total. The highest BCUT2D eigenvalue weighted by molar-refractivity contribution is 5.73. The minimum atomic E-state index is -0.216. The largest absolute Gasteiger partial charge is 0.468 e. The van der Waals surface area contributed by atoms with E-state index >= 15 is 0 Å². The fraction of sp³-hybridized carbons (Fsp3) is 0.471. The number of amides is 2. The van der Waals surface area contributed by atoms with Gasteiger partial charge in [-0.2, -0.15) is 0 Å². The van der Waals surface area contributed by atoms with E-state index in [1.54, 1.807) is 12.5 Å². The molecule has 0 fully saturated rings. The van der Waals surface area contributed by atoms with Crippen molar-refractivity contribution < 1.29 is 13.6 Å². The first kappa shape index (κ1) is 18.1. The molecule has 2 N–H and O–H groups in total. The van der Waals surface area contributed by atoms with Gasteiger partial charge < -0.3 is 19.5 Å². The van der Waals surface area contributed by atoms with Crippen molar-refractivity contribution in [3.63, 3.8) is 0 Å². The first-order valence-electron chi connectivity index (χ1n) is 7.90. The molecule has 0 aliphatic carbocycles. The fourth-order valence-corrected chi connectivity index (χ4v) is 2.48. The molecule has 7 heteroatoms. The number of carbonyl (C=O) groups is 1. The minimum absolute atomic E-state index is 0.0135. The van der Waals surface area contributed by atoms with Crippen molar-refractivity contribution in [2.24, 2.45) is 0 Å². The van der Waals surface area contributed by atoms with Crippen LogP contribution in [0.3, 0.4) is 0 Å². The molecule has 2 heterocycles. The zero-order chi connectivity index (χ0) is 17.5. The van der Waals surface area contributed by atoms with E-state index in [4.69, 9.17) is 8.83 Å². The molecule has 0 saturated carbocycles. The Morgan fingerprint density at radius 2 is 1.33 bits per heavy atom. The van der Waals surface area contributed by atoms with Crippen LogP contribution in [-0.2, 0) is 0 Å². The summed E-state index contributed by atoms with van der Waals surface area (Å²) in [4.78, 5) is 16.1. The molecular weight excluding hydrogens is 308 g/mol. The van der Waals surface area contributed by atoms with Gasteiger partial charge in [-0.05, 0) is 52.5 Å². The fourth-order valence-electron chi connectivity index (χ4n) is 2.48. The number of hydrogen-bond acceptors (Lipinski definition) is 5. The van der Waals surface area contributed by atoms with Crippen LogP contribution >= 0.6 is 0 Å². The van der Waals surface area contributed by atoms with E-state index < -0.39 is 0 Å². The lowest BCUT2D eigenvalue weighted by Gasteiger charge is -2.24. The maximum absolute atomic E-state index is 12.1. The summed E-state index contributed by atoms with van der Waals surface area (Å²) < 4.78 is 10.9. The predicted molar refractivity (Wildman–Crippen MR) is 91.7 cm³/mol. The topological polar surface area (TPSA) is 73.9 Å². The Bertz CT molecular complexity index is 541. The Morgan fingerprint density at radius 1 is 0.917 bits per heavy atom. The molecule has 2 amide bonds. The number of rotatable bonds is 8. The Labute approximate surface area is 142 Å². The first-order chi connectivity index (χ1) is 11.5. The number of likely N-dealkylation sites (N-methyl/N-ethyl adjacent to an activating group) is 2. The van der Waals surface area contributed by atoms with Gasteiger partial charge in [0.25, 0.3) is 0 Å². The summed E-state index contributed by atoms with van der Waals surface area (Å²) in [6, 6.07) is 7.26. The van der Waals surface area contributed by atoms with Crippen LogP contribution in [0.5, 0.6) is 0 Å². The summed E-state index contributed by atoms with van der Waals surface area (Å²) in [5.41, 5.74) is 0. The molecule has 0 aromatic carbocycles. The van der Waals surface area contributed by atoms with Crippen LogP contribution in [0, 0.1) is 0 Å². The van der Waals surface area contributed by atoms with E-state index in [1.807, 2.05) is 62.3 Å². The molecule has 2 aromatic heterocycles. The number of furan rings is 2. The molecule has 2 unspecified atom stereocenters. The summed E-state index contributed by atoms with van der Waals surface area (Å²) >= 11 is 0. The third-order valence-corrected chi connectivity index (χ3v) is 3.90. The van der Waals surface area contributed by atoms with Crippen molar-refractivity contribution in [1.82, 2.24) is 20.4 Å².